The Morgan fingerprint density at radius 2 is 2.04 bits per heavy atom. The van der Waals surface area contributed by atoms with Gasteiger partial charge in [-0.15, -0.1) is 0 Å². The summed E-state index contributed by atoms with van der Waals surface area (Å²) in [5.74, 6) is -1.45. The van der Waals surface area contributed by atoms with E-state index in [-0.39, 0.29) is 12.5 Å². The fourth-order valence-corrected chi connectivity index (χ4v) is 2.80. The van der Waals surface area contributed by atoms with Crippen LogP contribution in [0, 0.1) is 5.92 Å². The van der Waals surface area contributed by atoms with Gasteiger partial charge in [-0.1, -0.05) is 18.2 Å². The van der Waals surface area contributed by atoms with E-state index in [1.807, 2.05) is 36.5 Å². The van der Waals surface area contributed by atoms with Gasteiger partial charge in [-0.05, 0) is 31.1 Å². The molecule has 0 bridgehead atoms. The summed E-state index contributed by atoms with van der Waals surface area (Å²) in [6.45, 7) is 0.887. The number of carboxylic acids is 1. The van der Waals surface area contributed by atoms with Gasteiger partial charge in [-0.25, -0.2) is 4.68 Å². The highest BCUT2D eigenvalue weighted by Gasteiger charge is 2.27. The van der Waals surface area contributed by atoms with Gasteiger partial charge >= 0.3 is 5.97 Å². The topological polar surface area (TPSA) is 75.4 Å². The summed E-state index contributed by atoms with van der Waals surface area (Å²) < 4.78 is 1.74. The maximum absolute atomic E-state index is 12.2. The van der Waals surface area contributed by atoms with Gasteiger partial charge in [0, 0.05) is 30.9 Å². The van der Waals surface area contributed by atoms with Crippen LogP contribution in [0.3, 0.4) is 0 Å². The Morgan fingerprint density at radius 3 is 2.79 bits per heavy atom. The van der Waals surface area contributed by atoms with E-state index in [1.54, 1.807) is 21.9 Å². The molecule has 2 heterocycles. The molecule has 1 aliphatic heterocycles. The highest BCUT2D eigenvalue weighted by atomic mass is 16.4. The number of carbonyl (C=O) groups excluding carboxylic acids is 1. The second-order valence-corrected chi connectivity index (χ2v) is 5.85. The van der Waals surface area contributed by atoms with Crippen LogP contribution in [0.5, 0.6) is 0 Å². The van der Waals surface area contributed by atoms with Gasteiger partial charge in [0.15, 0.2) is 0 Å². The zero-order chi connectivity index (χ0) is 16.9. The third-order valence-electron chi connectivity index (χ3n) is 4.12. The van der Waals surface area contributed by atoms with E-state index in [1.165, 1.54) is 6.08 Å². The first-order valence-electron chi connectivity index (χ1n) is 7.93. The molecule has 1 amide bonds. The Morgan fingerprint density at radius 1 is 1.25 bits per heavy atom. The fraction of sp³-hybridized carbons (Fsp3) is 0.278. The lowest BCUT2D eigenvalue weighted by Gasteiger charge is -2.29. The number of hydrogen-bond acceptors (Lipinski definition) is 3. The predicted molar refractivity (Wildman–Crippen MR) is 89.5 cm³/mol. The second-order valence-electron chi connectivity index (χ2n) is 5.85. The maximum Gasteiger partial charge on any atom is 0.308 e. The third-order valence-corrected chi connectivity index (χ3v) is 4.12. The molecule has 1 N–H and O–H groups in total. The smallest absolute Gasteiger partial charge is 0.308 e. The molecule has 0 spiro atoms. The van der Waals surface area contributed by atoms with Crippen molar-refractivity contribution in [3.8, 4) is 5.69 Å². The van der Waals surface area contributed by atoms with Gasteiger partial charge in [-0.3, -0.25) is 9.59 Å². The third kappa shape index (κ3) is 3.71. The number of carboxylic acid groups (broad SMARTS) is 1. The zero-order valence-corrected chi connectivity index (χ0v) is 13.2. The average Bonchev–Trinajstić information content (AvgIpc) is 3.09. The zero-order valence-electron chi connectivity index (χ0n) is 13.2. The van der Waals surface area contributed by atoms with Crippen molar-refractivity contribution in [1.82, 2.24) is 14.7 Å². The van der Waals surface area contributed by atoms with E-state index in [2.05, 4.69) is 5.10 Å². The minimum atomic E-state index is -0.833. The lowest BCUT2D eigenvalue weighted by Crippen LogP contribution is -2.41. The molecule has 1 saturated heterocycles. The van der Waals surface area contributed by atoms with Gasteiger partial charge in [-0.2, -0.15) is 5.10 Å². The number of likely N-dealkylation sites (tertiary alicyclic amines) is 1. The molecule has 1 aliphatic rings. The molecule has 0 radical (unpaired) electrons. The first-order chi connectivity index (χ1) is 11.6. The van der Waals surface area contributed by atoms with Crippen LogP contribution in [0.1, 0.15) is 18.4 Å². The molecule has 6 nitrogen and oxygen atoms in total. The monoisotopic (exact) mass is 325 g/mol. The van der Waals surface area contributed by atoms with Gasteiger partial charge in [0.05, 0.1) is 17.8 Å². The second kappa shape index (κ2) is 7.12. The molecule has 1 fully saturated rings. The number of benzene rings is 1. The van der Waals surface area contributed by atoms with Crippen LogP contribution in [-0.4, -0.2) is 44.8 Å². The minimum absolute atomic E-state index is 0.159. The van der Waals surface area contributed by atoms with Gasteiger partial charge in [0.25, 0.3) is 0 Å². The van der Waals surface area contributed by atoms with Crippen molar-refractivity contribution in [2.45, 2.75) is 12.8 Å². The molecule has 1 aromatic heterocycles. The lowest BCUT2D eigenvalue weighted by molar-refractivity contribution is -0.144. The van der Waals surface area contributed by atoms with Crippen LogP contribution in [0.15, 0.2) is 48.8 Å². The number of piperidine rings is 1. The van der Waals surface area contributed by atoms with Crippen molar-refractivity contribution < 1.29 is 14.7 Å². The molecular formula is C18H19N3O3. The Labute approximate surface area is 140 Å². The summed E-state index contributed by atoms with van der Waals surface area (Å²) in [5.41, 5.74) is 1.77. The van der Waals surface area contributed by atoms with Crippen molar-refractivity contribution >= 4 is 18.0 Å². The van der Waals surface area contributed by atoms with Crippen LogP contribution in [0.4, 0.5) is 0 Å². The maximum atomic E-state index is 12.2. The number of nitrogens with zero attached hydrogens (tertiary/aromatic N) is 3. The average molecular weight is 325 g/mol. The van der Waals surface area contributed by atoms with E-state index in [0.29, 0.717) is 13.0 Å². The van der Waals surface area contributed by atoms with E-state index in [4.69, 9.17) is 5.11 Å². The summed E-state index contributed by atoms with van der Waals surface area (Å²) in [7, 11) is 0. The highest BCUT2D eigenvalue weighted by molar-refractivity contribution is 5.92. The number of aromatic nitrogens is 2. The Balaban J connectivity index is 1.64. The predicted octanol–water partition coefficient (Wildman–Crippen LogP) is 2.21. The molecule has 1 unspecified atom stereocenters. The summed E-state index contributed by atoms with van der Waals surface area (Å²) in [6, 6.07) is 9.71. The summed E-state index contributed by atoms with van der Waals surface area (Å²) in [5, 5.41) is 13.4. The molecule has 0 aliphatic carbocycles. The Kier molecular flexibility index (Phi) is 4.74. The molecular weight excluding hydrogens is 306 g/mol. The molecule has 6 heteroatoms. The van der Waals surface area contributed by atoms with E-state index >= 15 is 0 Å². The summed E-state index contributed by atoms with van der Waals surface area (Å²) >= 11 is 0. The first kappa shape index (κ1) is 16.0. The van der Waals surface area contributed by atoms with E-state index < -0.39 is 11.9 Å². The van der Waals surface area contributed by atoms with Crippen molar-refractivity contribution in [3.05, 3.63) is 54.4 Å². The van der Waals surface area contributed by atoms with Crippen molar-refractivity contribution in [2.24, 2.45) is 5.92 Å². The number of para-hydroxylation sites is 1. The molecule has 0 saturated carbocycles. The van der Waals surface area contributed by atoms with Crippen molar-refractivity contribution in [3.63, 3.8) is 0 Å². The highest BCUT2D eigenvalue weighted by Crippen LogP contribution is 2.17. The van der Waals surface area contributed by atoms with Crippen LogP contribution in [-0.2, 0) is 9.59 Å². The SMILES string of the molecule is O=C(O)C1CCCN(C(=O)/C=C/c2cnn(-c3ccccc3)c2)C1. The van der Waals surface area contributed by atoms with E-state index in [0.717, 1.165) is 17.7 Å². The van der Waals surface area contributed by atoms with Crippen molar-refractivity contribution in [1.29, 1.82) is 0 Å². The molecule has 2 aromatic rings. The van der Waals surface area contributed by atoms with Gasteiger partial charge in [0.2, 0.25) is 5.91 Å². The first-order valence-corrected chi connectivity index (χ1v) is 7.93. The molecule has 3 rings (SSSR count). The largest absolute Gasteiger partial charge is 0.481 e. The number of aliphatic carboxylic acids is 1. The van der Waals surface area contributed by atoms with Crippen LogP contribution in [0.2, 0.25) is 0 Å². The Hall–Kier alpha value is -2.89. The number of rotatable bonds is 4. The number of hydrogen-bond donors (Lipinski definition) is 1. The van der Waals surface area contributed by atoms with Gasteiger partial charge in [0.1, 0.15) is 0 Å². The van der Waals surface area contributed by atoms with E-state index in [9.17, 15) is 9.59 Å². The number of amides is 1. The fourth-order valence-electron chi connectivity index (χ4n) is 2.80. The minimum Gasteiger partial charge on any atom is -0.481 e. The quantitative estimate of drug-likeness (QED) is 0.875. The Bertz CT molecular complexity index is 752. The molecule has 1 atom stereocenters. The molecule has 124 valence electrons. The lowest BCUT2D eigenvalue weighted by atomic mass is 9.98. The van der Waals surface area contributed by atoms with Crippen molar-refractivity contribution in [2.75, 3.05) is 13.1 Å². The van der Waals surface area contributed by atoms with Crippen LogP contribution in [0.25, 0.3) is 11.8 Å². The summed E-state index contributed by atoms with van der Waals surface area (Å²) in [6.07, 6.45) is 8.08. The van der Waals surface area contributed by atoms with Crippen LogP contribution >= 0.6 is 0 Å². The summed E-state index contributed by atoms with van der Waals surface area (Å²) in [4.78, 5) is 24.9. The van der Waals surface area contributed by atoms with Gasteiger partial charge < -0.3 is 10.0 Å². The number of carbonyl (C=O) groups is 2. The molecule has 24 heavy (non-hydrogen) atoms. The van der Waals surface area contributed by atoms with Crippen LogP contribution < -0.4 is 0 Å². The normalized spacial score (nSPS) is 18.0. The standard InChI is InChI=1S/C18H19N3O3/c22-17(20-10-4-5-15(13-20)18(23)24)9-8-14-11-19-21(12-14)16-6-2-1-3-7-16/h1-3,6-9,11-12,15H,4-5,10,13H2,(H,23,24)/b9-8+. The molecule has 1 aromatic carbocycles.